The minimum absolute atomic E-state index is 0.229. The second-order valence-electron chi connectivity index (χ2n) is 8.08. The second-order valence-corrected chi connectivity index (χ2v) is 8.08. The smallest absolute Gasteiger partial charge is 0.271 e. The Balaban J connectivity index is 1.31. The van der Waals surface area contributed by atoms with E-state index in [1.165, 1.54) is 28.2 Å². The third-order valence-corrected chi connectivity index (χ3v) is 5.76. The first-order chi connectivity index (χ1) is 15.0. The monoisotopic (exact) mass is 422 g/mol. The number of hydrogen-bond acceptors (Lipinski definition) is 4. The van der Waals surface area contributed by atoms with Gasteiger partial charge in [0.15, 0.2) is 0 Å². The maximum Gasteiger partial charge on any atom is 0.271 e. The van der Waals surface area contributed by atoms with E-state index >= 15 is 0 Å². The predicted octanol–water partition coefficient (Wildman–Crippen LogP) is 2.75. The molecule has 1 aromatic heterocycles. The summed E-state index contributed by atoms with van der Waals surface area (Å²) in [6.07, 6.45) is 1.30. The van der Waals surface area contributed by atoms with Crippen molar-refractivity contribution in [2.75, 3.05) is 33.2 Å². The first-order valence-electron chi connectivity index (χ1n) is 10.5. The van der Waals surface area contributed by atoms with Gasteiger partial charge in [0.25, 0.3) is 5.91 Å². The number of amides is 1. The van der Waals surface area contributed by atoms with Gasteiger partial charge in [0.2, 0.25) is 0 Å². The number of aliphatic hydroxyl groups is 1. The van der Waals surface area contributed by atoms with Gasteiger partial charge in [-0.05, 0) is 54.3 Å². The normalized spacial score (nSPS) is 15.2. The molecule has 2 aromatic carbocycles. The number of β-amino-alcohol motifs (C(OH)–C–C–N with tert-alkyl or cyclic N) is 1. The number of likely N-dealkylation sites (N-methyl/N-ethyl adjacent to an activating group) is 1. The van der Waals surface area contributed by atoms with E-state index in [1.54, 1.807) is 25.2 Å². The van der Waals surface area contributed by atoms with Crippen molar-refractivity contribution in [3.05, 3.63) is 77.2 Å². The van der Waals surface area contributed by atoms with Crippen LogP contribution in [0.1, 0.15) is 21.6 Å². The van der Waals surface area contributed by atoms with Crippen molar-refractivity contribution in [2.45, 2.75) is 18.9 Å². The highest BCUT2D eigenvalue weighted by molar-refractivity contribution is 5.93. The topological polar surface area (TPSA) is 72.5 Å². The quantitative estimate of drug-likeness (QED) is 0.641. The SMILES string of the molecule is CN(CC(O)CN1CCc2ccccc2CC1)C(=O)c1cc(-c2ccc(F)cc2)n[nH]1. The van der Waals surface area contributed by atoms with Crippen LogP contribution >= 0.6 is 0 Å². The lowest BCUT2D eigenvalue weighted by Gasteiger charge is -2.26. The molecule has 3 aromatic rings. The van der Waals surface area contributed by atoms with Gasteiger partial charge in [-0.1, -0.05) is 24.3 Å². The number of halogens is 1. The van der Waals surface area contributed by atoms with E-state index in [0.29, 0.717) is 17.9 Å². The molecule has 4 rings (SSSR count). The van der Waals surface area contributed by atoms with Gasteiger partial charge in [-0.3, -0.25) is 9.89 Å². The van der Waals surface area contributed by atoms with Gasteiger partial charge in [0, 0.05) is 38.8 Å². The maximum absolute atomic E-state index is 13.1. The first-order valence-corrected chi connectivity index (χ1v) is 10.5. The zero-order valence-electron chi connectivity index (χ0n) is 17.6. The molecule has 1 unspecified atom stereocenters. The van der Waals surface area contributed by atoms with Crippen LogP contribution in [-0.4, -0.2) is 70.3 Å². The average Bonchev–Trinajstić information content (AvgIpc) is 3.17. The van der Waals surface area contributed by atoms with E-state index < -0.39 is 6.10 Å². The molecule has 2 heterocycles. The fourth-order valence-corrected chi connectivity index (χ4v) is 4.06. The lowest BCUT2D eigenvalue weighted by molar-refractivity contribution is 0.0587. The number of benzene rings is 2. The molecule has 162 valence electrons. The van der Waals surface area contributed by atoms with Crippen molar-refractivity contribution in [3.8, 4) is 11.3 Å². The molecule has 6 nitrogen and oxygen atoms in total. The van der Waals surface area contributed by atoms with E-state index in [0.717, 1.165) is 31.5 Å². The van der Waals surface area contributed by atoms with Gasteiger partial charge in [0.1, 0.15) is 11.5 Å². The van der Waals surface area contributed by atoms with Gasteiger partial charge in [-0.15, -0.1) is 0 Å². The van der Waals surface area contributed by atoms with Crippen LogP contribution in [0.15, 0.2) is 54.6 Å². The maximum atomic E-state index is 13.1. The van der Waals surface area contributed by atoms with Crippen molar-refractivity contribution >= 4 is 5.91 Å². The van der Waals surface area contributed by atoms with Crippen LogP contribution in [0.2, 0.25) is 0 Å². The molecule has 0 aliphatic carbocycles. The summed E-state index contributed by atoms with van der Waals surface area (Å²) in [7, 11) is 1.67. The molecule has 2 N–H and O–H groups in total. The largest absolute Gasteiger partial charge is 0.390 e. The lowest BCUT2D eigenvalue weighted by Crippen LogP contribution is -2.42. The number of hydrogen-bond donors (Lipinski definition) is 2. The fourth-order valence-electron chi connectivity index (χ4n) is 4.06. The number of carbonyl (C=O) groups is 1. The van der Waals surface area contributed by atoms with E-state index in [-0.39, 0.29) is 18.3 Å². The van der Waals surface area contributed by atoms with E-state index in [2.05, 4.69) is 39.4 Å². The summed E-state index contributed by atoms with van der Waals surface area (Å²) in [5, 5.41) is 17.5. The lowest BCUT2D eigenvalue weighted by atomic mass is 10.0. The van der Waals surface area contributed by atoms with Gasteiger partial charge in [-0.25, -0.2) is 4.39 Å². The summed E-state index contributed by atoms with van der Waals surface area (Å²) in [6, 6.07) is 16.1. The molecule has 1 aliphatic heterocycles. The number of carbonyl (C=O) groups excluding carboxylic acids is 1. The Morgan fingerprint density at radius 2 is 1.81 bits per heavy atom. The predicted molar refractivity (Wildman–Crippen MR) is 117 cm³/mol. The molecular formula is C24H27FN4O2. The molecular weight excluding hydrogens is 395 g/mol. The molecule has 31 heavy (non-hydrogen) atoms. The molecule has 0 bridgehead atoms. The summed E-state index contributed by atoms with van der Waals surface area (Å²) in [4.78, 5) is 16.5. The van der Waals surface area contributed by atoms with E-state index in [9.17, 15) is 14.3 Å². The molecule has 7 heteroatoms. The van der Waals surface area contributed by atoms with Gasteiger partial charge in [-0.2, -0.15) is 5.10 Å². The number of nitrogens with one attached hydrogen (secondary N) is 1. The van der Waals surface area contributed by atoms with Crippen LogP contribution in [0.3, 0.4) is 0 Å². The van der Waals surface area contributed by atoms with Crippen molar-refractivity contribution in [1.29, 1.82) is 0 Å². The number of H-pyrrole nitrogens is 1. The molecule has 0 saturated carbocycles. The van der Waals surface area contributed by atoms with Gasteiger partial charge in [0.05, 0.1) is 11.8 Å². The van der Waals surface area contributed by atoms with Crippen LogP contribution in [-0.2, 0) is 12.8 Å². The second kappa shape index (κ2) is 9.41. The summed E-state index contributed by atoms with van der Waals surface area (Å²) in [6.45, 7) is 2.54. The van der Waals surface area contributed by atoms with E-state index in [4.69, 9.17) is 0 Å². The van der Waals surface area contributed by atoms with Crippen molar-refractivity contribution in [2.24, 2.45) is 0 Å². The Labute approximate surface area is 181 Å². The molecule has 0 fully saturated rings. The molecule has 0 radical (unpaired) electrons. The minimum atomic E-state index is -0.644. The minimum Gasteiger partial charge on any atom is -0.390 e. The van der Waals surface area contributed by atoms with Crippen molar-refractivity contribution in [1.82, 2.24) is 20.0 Å². The number of rotatable bonds is 6. The third kappa shape index (κ3) is 5.18. The Bertz CT molecular complexity index is 1010. The Hall–Kier alpha value is -3.03. The molecule has 1 atom stereocenters. The zero-order valence-corrected chi connectivity index (χ0v) is 17.6. The Morgan fingerprint density at radius 3 is 2.45 bits per heavy atom. The summed E-state index contributed by atoms with van der Waals surface area (Å²) >= 11 is 0. The average molecular weight is 423 g/mol. The first kappa shape index (κ1) is 21.2. The van der Waals surface area contributed by atoms with Gasteiger partial charge >= 0.3 is 0 Å². The van der Waals surface area contributed by atoms with Crippen LogP contribution in [0.5, 0.6) is 0 Å². The zero-order chi connectivity index (χ0) is 21.8. The highest BCUT2D eigenvalue weighted by atomic mass is 19.1. The molecule has 0 saturated heterocycles. The fraction of sp³-hybridized carbons (Fsp3) is 0.333. The van der Waals surface area contributed by atoms with Crippen LogP contribution < -0.4 is 0 Å². The van der Waals surface area contributed by atoms with Crippen molar-refractivity contribution in [3.63, 3.8) is 0 Å². The number of aromatic amines is 1. The third-order valence-electron chi connectivity index (χ3n) is 5.76. The number of nitrogens with zero attached hydrogens (tertiary/aromatic N) is 3. The summed E-state index contributed by atoms with van der Waals surface area (Å²) in [5.41, 5.74) is 4.38. The Kier molecular flexibility index (Phi) is 6.44. The number of aliphatic hydroxyl groups excluding tert-OH is 1. The van der Waals surface area contributed by atoms with Gasteiger partial charge < -0.3 is 14.9 Å². The number of fused-ring (bicyclic) bond motifs is 1. The summed E-state index contributed by atoms with van der Waals surface area (Å²) in [5.74, 6) is -0.569. The van der Waals surface area contributed by atoms with Crippen molar-refractivity contribution < 1.29 is 14.3 Å². The standard InChI is InChI=1S/C24H27FN4O2/c1-28(24(31)23-14-22(26-27-23)19-6-8-20(25)9-7-19)15-21(30)16-29-12-10-17-4-2-3-5-18(17)11-13-29/h2-9,14,21,30H,10-13,15-16H2,1H3,(H,26,27). The molecule has 1 amide bonds. The molecule has 0 spiro atoms. The van der Waals surface area contributed by atoms with E-state index in [1.807, 2.05) is 0 Å². The Morgan fingerprint density at radius 1 is 1.16 bits per heavy atom. The highest BCUT2D eigenvalue weighted by Crippen LogP contribution is 2.19. The van der Waals surface area contributed by atoms with Crippen LogP contribution in [0.4, 0.5) is 4.39 Å². The molecule has 1 aliphatic rings. The van der Waals surface area contributed by atoms with Crippen LogP contribution in [0.25, 0.3) is 11.3 Å². The van der Waals surface area contributed by atoms with Crippen LogP contribution in [0, 0.1) is 5.82 Å². The highest BCUT2D eigenvalue weighted by Gasteiger charge is 2.21. The number of aromatic nitrogens is 2. The summed E-state index contributed by atoms with van der Waals surface area (Å²) < 4.78 is 13.1.